The second kappa shape index (κ2) is 8.95. The Morgan fingerprint density at radius 3 is 2.50 bits per heavy atom. The fraction of sp³-hybridized carbons (Fsp3) is 0.481. The molecule has 0 radical (unpaired) electrons. The van der Waals surface area contributed by atoms with Crippen molar-refractivity contribution in [2.45, 2.75) is 58.7 Å². The van der Waals surface area contributed by atoms with Crippen LogP contribution in [0.4, 0.5) is 4.79 Å². The Balaban J connectivity index is 1.25. The summed E-state index contributed by atoms with van der Waals surface area (Å²) in [6.07, 6.45) is 2.38. The quantitative estimate of drug-likeness (QED) is 0.652. The second-order valence-electron chi connectivity index (χ2n) is 9.81. The summed E-state index contributed by atoms with van der Waals surface area (Å²) in [5.41, 5.74) is 3.99. The van der Waals surface area contributed by atoms with Gasteiger partial charge in [-0.05, 0) is 80.9 Å². The molecule has 7 nitrogen and oxygen atoms in total. The summed E-state index contributed by atoms with van der Waals surface area (Å²) in [6, 6.07) is 11.9. The topological polar surface area (TPSA) is 71.1 Å². The molecule has 1 N–H and O–H groups in total. The lowest BCUT2D eigenvalue weighted by Gasteiger charge is -2.40. The molecule has 2 fully saturated rings. The number of piperidine rings is 1. The molecule has 3 aliphatic rings. The lowest BCUT2D eigenvalue weighted by molar-refractivity contribution is -0.134. The van der Waals surface area contributed by atoms with Gasteiger partial charge in [-0.25, -0.2) is 4.79 Å². The predicted octanol–water partition coefficient (Wildman–Crippen LogP) is 4.14. The second-order valence-corrected chi connectivity index (χ2v) is 9.81. The van der Waals surface area contributed by atoms with Crippen molar-refractivity contribution in [2.75, 3.05) is 19.9 Å². The van der Waals surface area contributed by atoms with E-state index in [1.165, 1.54) is 21.6 Å². The van der Waals surface area contributed by atoms with Crippen molar-refractivity contribution in [2.24, 2.45) is 5.92 Å². The van der Waals surface area contributed by atoms with E-state index in [9.17, 15) is 9.59 Å². The first-order chi connectivity index (χ1) is 16.4. The van der Waals surface area contributed by atoms with Gasteiger partial charge in [-0.3, -0.25) is 14.6 Å². The Kier molecular flexibility index (Phi) is 5.98. The molecule has 3 amide bonds. The number of hydrogen-bond donors (Lipinski definition) is 1. The summed E-state index contributed by atoms with van der Waals surface area (Å²) >= 11 is 0. The molecule has 0 aliphatic carbocycles. The van der Waals surface area contributed by atoms with Crippen molar-refractivity contribution in [3.63, 3.8) is 0 Å². The van der Waals surface area contributed by atoms with Crippen LogP contribution in [0.1, 0.15) is 48.4 Å². The average molecular weight is 464 g/mol. The monoisotopic (exact) mass is 463 g/mol. The summed E-state index contributed by atoms with van der Waals surface area (Å²) in [5.74, 6) is 1.37. The van der Waals surface area contributed by atoms with Gasteiger partial charge in [0.25, 0.3) is 5.91 Å². The lowest BCUT2D eigenvalue weighted by Crippen LogP contribution is -2.55. The number of rotatable bonds is 6. The van der Waals surface area contributed by atoms with E-state index < -0.39 is 5.54 Å². The molecule has 180 valence electrons. The Morgan fingerprint density at radius 2 is 1.76 bits per heavy atom. The zero-order chi connectivity index (χ0) is 23.9. The van der Waals surface area contributed by atoms with E-state index in [4.69, 9.17) is 9.47 Å². The van der Waals surface area contributed by atoms with Crippen LogP contribution in [0.5, 0.6) is 11.5 Å². The third kappa shape index (κ3) is 4.02. The Hall–Kier alpha value is -3.06. The van der Waals surface area contributed by atoms with Gasteiger partial charge in [-0.1, -0.05) is 36.8 Å². The molecule has 0 saturated carbocycles. The minimum atomic E-state index is -0.820. The molecule has 7 heteroatoms. The molecule has 34 heavy (non-hydrogen) atoms. The maximum atomic E-state index is 13.6. The van der Waals surface area contributed by atoms with Gasteiger partial charge in [0.1, 0.15) is 5.54 Å². The van der Waals surface area contributed by atoms with Crippen molar-refractivity contribution in [3.05, 3.63) is 58.7 Å². The molecular weight excluding hydrogens is 430 g/mol. The molecule has 0 aromatic heterocycles. The molecule has 2 saturated heterocycles. The molecule has 3 aliphatic heterocycles. The van der Waals surface area contributed by atoms with Gasteiger partial charge in [0.05, 0.1) is 6.54 Å². The lowest BCUT2D eigenvalue weighted by atomic mass is 9.75. The van der Waals surface area contributed by atoms with Gasteiger partial charge < -0.3 is 14.8 Å². The van der Waals surface area contributed by atoms with Crippen LogP contribution in [0.2, 0.25) is 0 Å². The van der Waals surface area contributed by atoms with E-state index in [0.29, 0.717) is 17.9 Å². The van der Waals surface area contributed by atoms with E-state index in [-0.39, 0.29) is 31.2 Å². The van der Waals surface area contributed by atoms with Crippen LogP contribution in [0, 0.1) is 19.8 Å². The summed E-state index contributed by atoms with van der Waals surface area (Å²) in [5, 5.41) is 3.10. The maximum absolute atomic E-state index is 13.6. The first-order valence-electron chi connectivity index (χ1n) is 12.2. The highest BCUT2D eigenvalue weighted by Gasteiger charge is 2.54. The molecular formula is C27H33N3O4. The zero-order valence-electron chi connectivity index (χ0n) is 20.2. The van der Waals surface area contributed by atoms with Crippen molar-refractivity contribution in [1.82, 2.24) is 15.1 Å². The number of nitrogens with zero attached hydrogens (tertiary/aromatic N) is 2. The van der Waals surface area contributed by atoms with Crippen molar-refractivity contribution in [1.29, 1.82) is 0 Å². The third-order valence-electron chi connectivity index (χ3n) is 7.71. The Morgan fingerprint density at radius 1 is 1.00 bits per heavy atom. The van der Waals surface area contributed by atoms with E-state index in [0.717, 1.165) is 38.0 Å². The van der Waals surface area contributed by atoms with E-state index in [2.05, 4.69) is 42.3 Å². The number of ether oxygens (including phenoxy) is 2. The number of hydrogen-bond acceptors (Lipinski definition) is 5. The Bertz CT molecular complexity index is 1110. The van der Waals surface area contributed by atoms with Crippen molar-refractivity contribution < 1.29 is 19.1 Å². The van der Waals surface area contributed by atoms with Crippen molar-refractivity contribution in [3.8, 4) is 11.5 Å². The van der Waals surface area contributed by atoms with E-state index in [1.807, 2.05) is 25.1 Å². The van der Waals surface area contributed by atoms with Gasteiger partial charge >= 0.3 is 6.03 Å². The molecule has 3 heterocycles. The normalized spacial score (nSPS) is 23.0. The first kappa shape index (κ1) is 22.7. The van der Waals surface area contributed by atoms with Crippen molar-refractivity contribution >= 4 is 11.9 Å². The predicted molar refractivity (Wildman–Crippen MR) is 129 cm³/mol. The highest BCUT2D eigenvalue weighted by atomic mass is 16.7. The smallest absolute Gasteiger partial charge is 0.325 e. The fourth-order valence-electron chi connectivity index (χ4n) is 5.66. The van der Waals surface area contributed by atoms with E-state index in [1.54, 1.807) is 0 Å². The number of urea groups is 1. The van der Waals surface area contributed by atoms with Crippen LogP contribution in [0.25, 0.3) is 0 Å². The number of aryl methyl sites for hydroxylation is 2. The van der Waals surface area contributed by atoms with Gasteiger partial charge in [-0.2, -0.15) is 0 Å². The number of amides is 3. The summed E-state index contributed by atoms with van der Waals surface area (Å²) in [4.78, 5) is 30.4. The standard InChI is InChI=1S/C27H33N3O4/c1-4-27(22-9-11-29(12-10-22)16-21-7-5-18(2)13-19(21)3)25(31)30(26(32)28-27)15-20-6-8-23-24(14-20)34-17-33-23/h5-8,13-14,22H,4,9-12,15-17H2,1-3H3,(H,28,32). The molecule has 2 aromatic rings. The number of imide groups is 1. The van der Waals surface area contributed by atoms with Crippen LogP contribution < -0.4 is 14.8 Å². The summed E-state index contributed by atoms with van der Waals surface area (Å²) < 4.78 is 10.8. The highest BCUT2D eigenvalue weighted by Crippen LogP contribution is 2.38. The van der Waals surface area contributed by atoms with Crippen LogP contribution in [-0.2, 0) is 17.9 Å². The number of likely N-dealkylation sites (tertiary alicyclic amines) is 1. The van der Waals surface area contributed by atoms with Crippen LogP contribution in [0.15, 0.2) is 36.4 Å². The summed E-state index contributed by atoms with van der Waals surface area (Å²) in [6.45, 7) is 9.49. The molecule has 2 aromatic carbocycles. The minimum Gasteiger partial charge on any atom is -0.454 e. The van der Waals surface area contributed by atoms with Crippen LogP contribution in [0.3, 0.4) is 0 Å². The van der Waals surface area contributed by atoms with E-state index >= 15 is 0 Å². The molecule has 0 spiro atoms. The third-order valence-corrected chi connectivity index (χ3v) is 7.71. The average Bonchev–Trinajstić information content (AvgIpc) is 3.39. The molecule has 5 rings (SSSR count). The van der Waals surface area contributed by atoms with Gasteiger partial charge in [0, 0.05) is 6.54 Å². The molecule has 0 bridgehead atoms. The van der Waals surface area contributed by atoms with Gasteiger partial charge in [0.15, 0.2) is 11.5 Å². The highest BCUT2D eigenvalue weighted by molar-refractivity contribution is 6.07. The number of benzene rings is 2. The number of fused-ring (bicyclic) bond motifs is 1. The number of carbonyl (C=O) groups excluding carboxylic acids is 2. The summed E-state index contributed by atoms with van der Waals surface area (Å²) in [7, 11) is 0. The minimum absolute atomic E-state index is 0.106. The molecule has 1 atom stereocenters. The van der Waals surface area contributed by atoms with Crippen LogP contribution >= 0.6 is 0 Å². The fourth-order valence-corrected chi connectivity index (χ4v) is 5.66. The van der Waals surface area contributed by atoms with Gasteiger partial charge in [-0.15, -0.1) is 0 Å². The van der Waals surface area contributed by atoms with Crippen LogP contribution in [-0.4, -0.2) is 47.2 Å². The molecule has 1 unspecified atom stereocenters. The number of nitrogens with one attached hydrogen (secondary N) is 1. The largest absolute Gasteiger partial charge is 0.454 e. The number of carbonyl (C=O) groups is 2. The van der Waals surface area contributed by atoms with Gasteiger partial charge in [0.2, 0.25) is 6.79 Å². The maximum Gasteiger partial charge on any atom is 0.325 e. The SMILES string of the molecule is CCC1(C2CCN(Cc3ccc(C)cc3C)CC2)NC(=O)N(Cc2ccc3c(c2)OCO3)C1=O. The zero-order valence-corrected chi connectivity index (χ0v) is 20.2. The Labute approximate surface area is 201 Å². The first-order valence-corrected chi connectivity index (χ1v) is 12.2.